The number of nitrogens with zero attached hydrogens (tertiary/aromatic N) is 3. The standard InChI is InChI=1S/C21H22FN3O2/c22-18-5-6-20-17(13-18)14-25(15-23-20)19-3-1-2-16(12-19)4-7-21(26)24-8-10-27-11-9-24/h1-3,5-6,12-13,15H,4,7-11,14H2. The number of carbonyl (C=O) groups is 1. The van der Waals surface area contributed by atoms with Gasteiger partial charge in [0.05, 0.1) is 31.8 Å². The molecule has 0 radical (unpaired) electrons. The Balaban J connectivity index is 1.41. The van der Waals surface area contributed by atoms with Gasteiger partial charge in [0.15, 0.2) is 0 Å². The average molecular weight is 367 g/mol. The molecule has 27 heavy (non-hydrogen) atoms. The number of morpholine rings is 1. The van der Waals surface area contributed by atoms with Crippen LogP contribution in [0.2, 0.25) is 0 Å². The Labute approximate surface area is 158 Å². The van der Waals surface area contributed by atoms with Gasteiger partial charge in [-0.25, -0.2) is 9.38 Å². The molecule has 1 saturated heterocycles. The number of benzene rings is 2. The van der Waals surface area contributed by atoms with Crippen molar-refractivity contribution >= 4 is 23.6 Å². The van der Waals surface area contributed by atoms with Crippen molar-refractivity contribution in [2.24, 2.45) is 4.99 Å². The van der Waals surface area contributed by atoms with E-state index >= 15 is 0 Å². The average Bonchev–Trinajstić information content (AvgIpc) is 2.72. The first kappa shape index (κ1) is 17.7. The molecule has 0 aromatic heterocycles. The van der Waals surface area contributed by atoms with Gasteiger partial charge >= 0.3 is 0 Å². The van der Waals surface area contributed by atoms with Crippen LogP contribution in [0.5, 0.6) is 0 Å². The second kappa shape index (κ2) is 7.88. The zero-order valence-electron chi connectivity index (χ0n) is 15.1. The maximum atomic E-state index is 13.5. The summed E-state index contributed by atoms with van der Waals surface area (Å²) in [6.45, 7) is 3.18. The zero-order chi connectivity index (χ0) is 18.6. The number of ether oxygens (including phenoxy) is 1. The molecular formula is C21H22FN3O2. The second-order valence-electron chi connectivity index (χ2n) is 6.81. The van der Waals surface area contributed by atoms with Crippen LogP contribution in [-0.2, 0) is 22.5 Å². The van der Waals surface area contributed by atoms with E-state index < -0.39 is 0 Å². The Kier molecular flexibility index (Phi) is 5.16. The largest absolute Gasteiger partial charge is 0.378 e. The van der Waals surface area contributed by atoms with Crippen LogP contribution in [0.1, 0.15) is 17.5 Å². The topological polar surface area (TPSA) is 45.1 Å². The Hall–Kier alpha value is -2.73. The summed E-state index contributed by atoms with van der Waals surface area (Å²) >= 11 is 0. The summed E-state index contributed by atoms with van der Waals surface area (Å²) in [7, 11) is 0. The normalized spacial score (nSPS) is 16.3. The fourth-order valence-corrected chi connectivity index (χ4v) is 3.43. The number of carbonyl (C=O) groups excluding carboxylic acids is 1. The Morgan fingerprint density at radius 2 is 2.00 bits per heavy atom. The molecule has 0 bridgehead atoms. The van der Waals surface area contributed by atoms with Gasteiger partial charge in [-0.3, -0.25) is 4.79 Å². The van der Waals surface area contributed by atoms with E-state index in [-0.39, 0.29) is 11.7 Å². The monoisotopic (exact) mass is 367 g/mol. The number of aliphatic imine (C=N–C) groups is 1. The first-order valence-corrected chi connectivity index (χ1v) is 9.23. The third-order valence-electron chi connectivity index (χ3n) is 4.95. The SMILES string of the molecule is O=C(CCc1cccc(N2C=Nc3ccc(F)cc3C2)c1)N1CCOCC1. The summed E-state index contributed by atoms with van der Waals surface area (Å²) in [6, 6.07) is 12.8. The van der Waals surface area contributed by atoms with Gasteiger partial charge in [0.25, 0.3) is 0 Å². The minimum Gasteiger partial charge on any atom is -0.378 e. The molecule has 2 aromatic carbocycles. The third kappa shape index (κ3) is 4.17. The molecule has 5 nitrogen and oxygen atoms in total. The number of fused-ring (bicyclic) bond motifs is 1. The summed E-state index contributed by atoms with van der Waals surface area (Å²) < 4.78 is 18.8. The lowest BCUT2D eigenvalue weighted by molar-refractivity contribution is -0.135. The molecule has 2 aromatic rings. The summed E-state index contributed by atoms with van der Waals surface area (Å²) in [4.78, 5) is 20.6. The highest BCUT2D eigenvalue weighted by Crippen LogP contribution is 2.28. The van der Waals surface area contributed by atoms with E-state index in [0.29, 0.717) is 45.7 Å². The quantitative estimate of drug-likeness (QED) is 0.833. The predicted octanol–water partition coefficient (Wildman–Crippen LogP) is 3.30. The van der Waals surface area contributed by atoms with E-state index in [4.69, 9.17) is 4.74 Å². The van der Waals surface area contributed by atoms with Crippen molar-refractivity contribution in [1.29, 1.82) is 0 Å². The molecular weight excluding hydrogens is 345 g/mol. The van der Waals surface area contributed by atoms with E-state index in [2.05, 4.69) is 11.1 Å². The number of anilines is 1. The van der Waals surface area contributed by atoms with Crippen molar-refractivity contribution in [2.75, 3.05) is 31.2 Å². The number of halogens is 1. The van der Waals surface area contributed by atoms with Crippen molar-refractivity contribution in [3.63, 3.8) is 0 Å². The number of hydrogen-bond donors (Lipinski definition) is 0. The van der Waals surface area contributed by atoms with Gasteiger partial charge in [0.1, 0.15) is 5.82 Å². The van der Waals surface area contributed by atoms with Crippen molar-refractivity contribution < 1.29 is 13.9 Å². The van der Waals surface area contributed by atoms with Gasteiger partial charge < -0.3 is 14.5 Å². The fourth-order valence-electron chi connectivity index (χ4n) is 3.43. The summed E-state index contributed by atoms with van der Waals surface area (Å²) in [5.41, 5.74) is 3.77. The maximum absolute atomic E-state index is 13.5. The molecule has 140 valence electrons. The smallest absolute Gasteiger partial charge is 0.223 e. The highest BCUT2D eigenvalue weighted by molar-refractivity contribution is 5.84. The lowest BCUT2D eigenvalue weighted by Crippen LogP contribution is -2.40. The Morgan fingerprint density at radius 1 is 1.15 bits per heavy atom. The highest BCUT2D eigenvalue weighted by Gasteiger charge is 2.17. The van der Waals surface area contributed by atoms with Crippen LogP contribution in [0.3, 0.4) is 0 Å². The van der Waals surface area contributed by atoms with Gasteiger partial charge in [-0.05, 0) is 42.3 Å². The van der Waals surface area contributed by atoms with E-state index in [1.54, 1.807) is 12.4 Å². The van der Waals surface area contributed by atoms with Gasteiger partial charge in [-0.15, -0.1) is 0 Å². The van der Waals surface area contributed by atoms with Crippen LogP contribution in [0, 0.1) is 5.82 Å². The molecule has 2 aliphatic rings. The molecule has 2 aliphatic heterocycles. The Bertz CT molecular complexity index is 862. The highest BCUT2D eigenvalue weighted by atomic mass is 19.1. The number of rotatable bonds is 4. The summed E-state index contributed by atoms with van der Waals surface area (Å²) in [5, 5.41) is 0. The molecule has 0 aliphatic carbocycles. The van der Waals surface area contributed by atoms with Gasteiger partial charge in [-0.1, -0.05) is 12.1 Å². The molecule has 4 rings (SSSR count). The van der Waals surface area contributed by atoms with Gasteiger partial charge in [0, 0.05) is 30.8 Å². The van der Waals surface area contributed by atoms with Crippen molar-refractivity contribution in [3.8, 4) is 0 Å². The molecule has 0 saturated carbocycles. The van der Waals surface area contributed by atoms with E-state index in [1.165, 1.54) is 12.1 Å². The first-order valence-electron chi connectivity index (χ1n) is 9.23. The molecule has 1 fully saturated rings. The lowest BCUT2D eigenvalue weighted by atomic mass is 10.1. The van der Waals surface area contributed by atoms with Crippen molar-refractivity contribution in [1.82, 2.24) is 4.90 Å². The van der Waals surface area contributed by atoms with Crippen molar-refractivity contribution in [2.45, 2.75) is 19.4 Å². The van der Waals surface area contributed by atoms with E-state index in [0.717, 1.165) is 22.5 Å². The molecule has 6 heteroatoms. The van der Waals surface area contributed by atoms with Crippen LogP contribution in [-0.4, -0.2) is 43.4 Å². The maximum Gasteiger partial charge on any atom is 0.223 e. The molecule has 2 heterocycles. The van der Waals surface area contributed by atoms with Gasteiger partial charge in [0.2, 0.25) is 5.91 Å². The van der Waals surface area contributed by atoms with Crippen molar-refractivity contribution in [3.05, 3.63) is 59.4 Å². The van der Waals surface area contributed by atoms with E-state index in [9.17, 15) is 9.18 Å². The minimum atomic E-state index is -0.249. The van der Waals surface area contributed by atoms with Crippen LogP contribution >= 0.6 is 0 Å². The molecule has 1 amide bonds. The molecule has 0 unspecified atom stereocenters. The molecule has 0 atom stereocenters. The lowest BCUT2D eigenvalue weighted by Gasteiger charge is -2.27. The predicted molar refractivity (Wildman–Crippen MR) is 103 cm³/mol. The number of amides is 1. The third-order valence-corrected chi connectivity index (χ3v) is 4.95. The van der Waals surface area contributed by atoms with Gasteiger partial charge in [-0.2, -0.15) is 0 Å². The summed E-state index contributed by atoms with van der Waals surface area (Å²) in [6.07, 6.45) is 2.96. The first-order chi connectivity index (χ1) is 13.2. The second-order valence-corrected chi connectivity index (χ2v) is 6.81. The zero-order valence-corrected chi connectivity index (χ0v) is 15.1. The minimum absolute atomic E-state index is 0.174. The number of aryl methyl sites for hydroxylation is 1. The fraction of sp³-hybridized carbons (Fsp3) is 0.333. The van der Waals surface area contributed by atoms with Crippen LogP contribution in [0.15, 0.2) is 47.5 Å². The number of hydrogen-bond acceptors (Lipinski definition) is 4. The van der Waals surface area contributed by atoms with E-state index in [1.807, 2.05) is 28.0 Å². The molecule has 0 spiro atoms. The van der Waals surface area contributed by atoms with Crippen LogP contribution in [0.25, 0.3) is 0 Å². The molecule has 0 N–H and O–H groups in total. The van der Waals surface area contributed by atoms with Crippen LogP contribution < -0.4 is 4.90 Å². The Morgan fingerprint density at radius 3 is 2.85 bits per heavy atom. The van der Waals surface area contributed by atoms with Crippen LogP contribution in [0.4, 0.5) is 15.8 Å². The summed E-state index contributed by atoms with van der Waals surface area (Å²) in [5.74, 6) is -0.0752.